The molecular formula is C28H34N4O9S2. The normalized spacial score (nSPS) is 19.8. The zero-order valence-electron chi connectivity index (χ0n) is 23.5. The Balaban J connectivity index is 1.17. The van der Waals surface area contributed by atoms with E-state index in [1.807, 2.05) is 24.3 Å². The molecule has 2 atom stereocenters. The quantitative estimate of drug-likeness (QED) is 0.299. The number of para-hydroxylation sites is 1. The Hall–Kier alpha value is -3.34. The van der Waals surface area contributed by atoms with Crippen molar-refractivity contribution in [2.75, 3.05) is 39.9 Å². The highest BCUT2D eigenvalue weighted by Crippen LogP contribution is 2.39. The SMILES string of the molecule is CNS(=O)(=O)c1cccc(OCC(O)CN(C(=O)O)C2COC3(CCN(S(=O)(=O)c4cnc5ccccc5c4)CC3)C2)c1. The number of amides is 1. The lowest BCUT2D eigenvalue weighted by molar-refractivity contribution is -0.0319. The van der Waals surface area contributed by atoms with Gasteiger partial charge in [-0.15, -0.1) is 0 Å². The van der Waals surface area contributed by atoms with Crippen LogP contribution >= 0.6 is 0 Å². The number of piperidine rings is 1. The molecule has 3 N–H and O–H groups in total. The number of benzene rings is 2. The highest BCUT2D eigenvalue weighted by atomic mass is 32.2. The minimum atomic E-state index is -3.77. The standard InChI is InChI=1S/C28H34N4O9S2/c1-29-42(36,37)24-7-4-6-23(14-24)40-19-22(33)17-32(27(34)35)21-15-28(41-18-21)9-11-31(12-10-28)43(38,39)25-13-20-5-2-3-8-26(20)30-16-25/h2-8,13-14,16,21-22,29,33H,9-12,15,17-19H2,1H3,(H,34,35). The van der Waals surface area contributed by atoms with Crippen LogP contribution in [0.15, 0.2) is 70.6 Å². The molecule has 0 radical (unpaired) electrons. The third kappa shape index (κ3) is 6.76. The number of fused-ring (bicyclic) bond motifs is 1. The van der Waals surface area contributed by atoms with Crippen molar-refractivity contribution in [2.24, 2.45) is 0 Å². The Morgan fingerprint density at radius 3 is 2.60 bits per heavy atom. The van der Waals surface area contributed by atoms with E-state index in [9.17, 15) is 31.8 Å². The van der Waals surface area contributed by atoms with E-state index in [0.29, 0.717) is 24.8 Å². The van der Waals surface area contributed by atoms with Gasteiger partial charge < -0.3 is 24.6 Å². The van der Waals surface area contributed by atoms with Gasteiger partial charge in [0.25, 0.3) is 0 Å². The maximum absolute atomic E-state index is 13.4. The molecule has 0 aliphatic carbocycles. The fraction of sp³-hybridized carbons (Fsp3) is 0.429. The molecule has 0 bridgehead atoms. The number of aliphatic hydroxyl groups is 1. The smallest absolute Gasteiger partial charge is 0.407 e. The zero-order chi connectivity index (χ0) is 30.8. The maximum atomic E-state index is 13.4. The van der Waals surface area contributed by atoms with Crippen molar-refractivity contribution in [3.05, 3.63) is 60.8 Å². The first-order chi connectivity index (χ1) is 20.4. The molecule has 2 aromatic carbocycles. The third-order valence-electron chi connectivity index (χ3n) is 7.95. The van der Waals surface area contributed by atoms with Gasteiger partial charge in [0.15, 0.2) is 0 Å². The van der Waals surface area contributed by atoms with E-state index in [-0.39, 0.29) is 48.4 Å². The number of nitrogens with one attached hydrogen (secondary N) is 1. The summed E-state index contributed by atoms with van der Waals surface area (Å²) >= 11 is 0. The second kappa shape index (κ2) is 12.3. The van der Waals surface area contributed by atoms with E-state index in [4.69, 9.17) is 9.47 Å². The van der Waals surface area contributed by atoms with E-state index in [2.05, 4.69) is 9.71 Å². The molecule has 1 spiro atoms. The molecule has 1 aromatic heterocycles. The Labute approximate surface area is 250 Å². The average molecular weight is 635 g/mol. The Bertz CT molecular complexity index is 1690. The summed E-state index contributed by atoms with van der Waals surface area (Å²) in [5.41, 5.74) is 0.0329. The van der Waals surface area contributed by atoms with Gasteiger partial charge in [0.05, 0.1) is 35.2 Å². The van der Waals surface area contributed by atoms with E-state index in [1.54, 1.807) is 6.07 Å². The second-order valence-corrected chi connectivity index (χ2v) is 14.5. The summed E-state index contributed by atoms with van der Waals surface area (Å²) in [7, 11) is -6.16. The number of hydrogen-bond acceptors (Lipinski definition) is 9. The highest BCUT2D eigenvalue weighted by molar-refractivity contribution is 7.89. The van der Waals surface area contributed by atoms with Crippen molar-refractivity contribution in [1.29, 1.82) is 0 Å². The molecule has 2 fully saturated rings. The van der Waals surface area contributed by atoms with Crippen molar-refractivity contribution < 1.29 is 41.3 Å². The van der Waals surface area contributed by atoms with Crippen LogP contribution in [0.4, 0.5) is 4.79 Å². The predicted molar refractivity (Wildman–Crippen MR) is 156 cm³/mol. The van der Waals surface area contributed by atoms with Crippen molar-refractivity contribution >= 4 is 37.0 Å². The Kier molecular flexibility index (Phi) is 8.92. The molecule has 0 saturated carbocycles. The van der Waals surface area contributed by atoms with Crippen LogP contribution in [0.25, 0.3) is 10.9 Å². The summed E-state index contributed by atoms with van der Waals surface area (Å²) in [4.78, 5) is 17.7. The monoisotopic (exact) mass is 634 g/mol. The number of nitrogens with zero attached hydrogens (tertiary/aromatic N) is 3. The van der Waals surface area contributed by atoms with Crippen LogP contribution in [0.3, 0.4) is 0 Å². The minimum absolute atomic E-state index is 0.00432. The van der Waals surface area contributed by atoms with Gasteiger partial charge in [-0.3, -0.25) is 4.98 Å². The lowest BCUT2D eigenvalue weighted by Gasteiger charge is -2.38. The number of sulfonamides is 2. The number of aromatic nitrogens is 1. The molecule has 15 heteroatoms. The van der Waals surface area contributed by atoms with Gasteiger partial charge >= 0.3 is 6.09 Å². The highest BCUT2D eigenvalue weighted by Gasteiger charge is 2.47. The van der Waals surface area contributed by atoms with E-state index in [0.717, 1.165) is 10.3 Å². The molecule has 43 heavy (non-hydrogen) atoms. The Morgan fingerprint density at radius 2 is 1.88 bits per heavy atom. The summed E-state index contributed by atoms with van der Waals surface area (Å²) in [5.74, 6) is 0.210. The Morgan fingerprint density at radius 1 is 1.14 bits per heavy atom. The number of aliphatic hydroxyl groups excluding tert-OH is 1. The number of rotatable bonds is 10. The van der Waals surface area contributed by atoms with Crippen LogP contribution in [0, 0.1) is 0 Å². The van der Waals surface area contributed by atoms with Crippen molar-refractivity contribution in [3.63, 3.8) is 0 Å². The predicted octanol–water partition coefficient (Wildman–Crippen LogP) is 1.88. The first-order valence-electron chi connectivity index (χ1n) is 13.8. The first kappa shape index (κ1) is 31.1. The maximum Gasteiger partial charge on any atom is 0.407 e. The summed E-state index contributed by atoms with van der Waals surface area (Å²) in [6, 6.07) is 14.1. The lowest BCUT2D eigenvalue weighted by Crippen LogP contribution is -2.48. The summed E-state index contributed by atoms with van der Waals surface area (Å²) in [6.07, 6.45) is 0.103. The van der Waals surface area contributed by atoms with Gasteiger partial charge in [0.2, 0.25) is 20.0 Å². The lowest BCUT2D eigenvalue weighted by atomic mass is 9.88. The third-order valence-corrected chi connectivity index (χ3v) is 11.2. The number of ether oxygens (including phenoxy) is 2. The minimum Gasteiger partial charge on any atom is -0.491 e. The van der Waals surface area contributed by atoms with Crippen LogP contribution in [-0.4, -0.2) is 105 Å². The number of hydrogen-bond donors (Lipinski definition) is 3. The van der Waals surface area contributed by atoms with Gasteiger partial charge in [0, 0.05) is 30.7 Å². The largest absolute Gasteiger partial charge is 0.491 e. The van der Waals surface area contributed by atoms with Crippen molar-refractivity contribution in [3.8, 4) is 5.75 Å². The fourth-order valence-corrected chi connectivity index (χ4v) is 7.74. The molecule has 3 heterocycles. The topological polar surface area (TPSA) is 176 Å². The summed E-state index contributed by atoms with van der Waals surface area (Å²) < 4.78 is 66.0. The number of pyridine rings is 1. The van der Waals surface area contributed by atoms with Crippen molar-refractivity contribution in [1.82, 2.24) is 18.9 Å². The fourth-order valence-electron chi connectivity index (χ4n) is 5.55. The summed E-state index contributed by atoms with van der Waals surface area (Å²) in [5, 5.41) is 21.2. The molecule has 2 unspecified atom stereocenters. The molecule has 2 saturated heterocycles. The molecule has 3 aromatic rings. The second-order valence-electron chi connectivity index (χ2n) is 10.7. The zero-order valence-corrected chi connectivity index (χ0v) is 25.1. The molecular weight excluding hydrogens is 600 g/mol. The van der Waals surface area contributed by atoms with E-state index >= 15 is 0 Å². The van der Waals surface area contributed by atoms with Crippen LogP contribution in [0.5, 0.6) is 5.75 Å². The first-order valence-corrected chi connectivity index (χ1v) is 16.7. The summed E-state index contributed by atoms with van der Waals surface area (Å²) in [6.45, 7) is 0.0397. The van der Waals surface area contributed by atoms with Crippen LogP contribution < -0.4 is 9.46 Å². The molecule has 13 nitrogen and oxygen atoms in total. The van der Waals surface area contributed by atoms with Gasteiger partial charge in [-0.1, -0.05) is 24.3 Å². The number of carboxylic acid groups (broad SMARTS) is 1. The van der Waals surface area contributed by atoms with Gasteiger partial charge in [-0.25, -0.2) is 26.4 Å². The van der Waals surface area contributed by atoms with E-state index in [1.165, 1.54) is 41.8 Å². The van der Waals surface area contributed by atoms with Gasteiger partial charge in [-0.05, 0) is 50.6 Å². The number of carbonyl (C=O) groups is 1. The average Bonchev–Trinajstić information content (AvgIpc) is 3.41. The van der Waals surface area contributed by atoms with Gasteiger partial charge in [0.1, 0.15) is 23.4 Å². The van der Waals surface area contributed by atoms with Crippen LogP contribution in [0.1, 0.15) is 19.3 Å². The molecule has 2 aliphatic rings. The molecule has 1 amide bonds. The molecule has 5 rings (SSSR count). The van der Waals surface area contributed by atoms with Gasteiger partial charge in [-0.2, -0.15) is 4.31 Å². The van der Waals surface area contributed by atoms with Crippen LogP contribution in [-0.2, 0) is 24.8 Å². The molecule has 232 valence electrons. The molecule has 2 aliphatic heterocycles. The van der Waals surface area contributed by atoms with E-state index < -0.39 is 43.9 Å². The van der Waals surface area contributed by atoms with Crippen LogP contribution in [0.2, 0.25) is 0 Å². The van der Waals surface area contributed by atoms with Crippen molar-refractivity contribution in [2.45, 2.75) is 46.8 Å².